The second-order valence-electron chi connectivity index (χ2n) is 5.30. The molecule has 2 unspecified atom stereocenters. The molecule has 0 saturated heterocycles. The van der Waals surface area contributed by atoms with Crippen LogP contribution in [-0.2, 0) is 10.0 Å². The summed E-state index contributed by atoms with van der Waals surface area (Å²) in [4.78, 5) is 0.241. The van der Waals surface area contributed by atoms with Crippen LogP contribution in [0.1, 0.15) is 37.3 Å². The van der Waals surface area contributed by atoms with E-state index >= 15 is 0 Å². The fourth-order valence-electron chi connectivity index (χ4n) is 2.65. The van der Waals surface area contributed by atoms with E-state index in [4.69, 9.17) is 5.26 Å². The maximum Gasteiger partial charge on any atom is 0.240 e. The average molecular weight is 324 g/mol. The van der Waals surface area contributed by atoms with Crippen molar-refractivity contribution in [3.8, 4) is 6.07 Å². The molecule has 1 saturated carbocycles. The van der Waals surface area contributed by atoms with Crippen molar-refractivity contribution >= 4 is 21.8 Å². The molecule has 0 aromatic heterocycles. The lowest BCUT2D eigenvalue weighted by atomic mass is 10.1. The van der Waals surface area contributed by atoms with Crippen LogP contribution in [0, 0.1) is 18.3 Å². The van der Waals surface area contributed by atoms with Crippen LogP contribution in [0.15, 0.2) is 23.1 Å². The maximum absolute atomic E-state index is 12.4. The predicted octanol–water partition coefficient (Wildman–Crippen LogP) is 2.82. The van der Waals surface area contributed by atoms with Gasteiger partial charge in [-0.2, -0.15) is 17.0 Å². The van der Waals surface area contributed by atoms with Crippen LogP contribution in [0.2, 0.25) is 0 Å². The molecule has 0 heterocycles. The molecule has 1 aromatic rings. The molecule has 114 valence electrons. The molecule has 1 aromatic carbocycles. The summed E-state index contributed by atoms with van der Waals surface area (Å²) in [7, 11) is -3.50. The molecule has 0 spiro atoms. The average Bonchev–Trinajstić information content (AvgIpc) is 2.85. The quantitative estimate of drug-likeness (QED) is 0.904. The Balaban J connectivity index is 2.09. The zero-order chi connectivity index (χ0) is 15.5. The Morgan fingerprint density at radius 2 is 2.19 bits per heavy atom. The van der Waals surface area contributed by atoms with E-state index in [0.29, 0.717) is 16.4 Å². The van der Waals surface area contributed by atoms with Crippen LogP contribution in [0.5, 0.6) is 0 Å². The highest BCUT2D eigenvalue weighted by molar-refractivity contribution is 7.99. The zero-order valence-corrected chi connectivity index (χ0v) is 13.9. The summed E-state index contributed by atoms with van der Waals surface area (Å²) in [6, 6.07) is 6.70. The number of nitrogens with zero attached hydrogens (tertiary/aromatic N) is 1. The molecule has 6 heteroatoms. The highest BCUT2D eigenvalue weighted by Gasteiger charge is 2.28. The fraction of sp³-hybridized carbons (Fsp3) is 0.533. The zero-order valence-electron chi connectivity index (χ0n) is 12.3. The topological polar surface area (TPSA) is 70.0 Å². The highest BCUT2D eigenvalue weighted by atomic mass is 32.2. The Kier molecular flexibility index (Phi) is 5.31. The Hall–Kier alpha value is -1.03. The normalized spacial score (nSPS) is 22.1. The van der Waals surface area contributed by atoms with Gasteiger partial charge in [-0.05, 0) is 55.7 Å². The fourth-order valence-corrected chi connectivity index (χ4v) is 5.16. The van der Waals surface area contributed by atoms with Gasteiger partial charge in [0.05, 0.1) is 16.5 Å². The summed E-state index contributed by atoms with van der Waals surface area (Å²) in [6.07, 6.45) is 2.86. The van der Waals surface area contributed by atoms with Crippen LogP contribution < -0.4 is 4.72 Å². The van der Waals surface area contributed by atoms with Crippen molar-refractivity contribution in [2.75, 3.05) is 5.75 Å². The molecule has 1 N–H and O–H groups in total. The molecule has 4 nitrogen and oxygen atoms in total. The summed E-state index contributed by atoms with van der Waals surface area (Å²) in [5, 5.41) is 9.46. The lowest BCUT2D eigenvalue weighted by Gasteiger charge is -2.14. The number of nitrogens with one attached hydrogen (secondary N) is 1. The number of nitriles is 1. The van der Waals surface area contributed by atoms with Gasteiger partial charge in [0.1, 0.15) is 0 Å². The molecular weight excluding hydrogens is 304 g/mol. The van der Waals surface area contributed by atoms with Crippen LogP contribution in [-0.4, -0.2) is 25.5 Å². The summed E-state index contributed by atoms with van der Waals surface area (Å²) < 4.78 is 27.6. The molecule has 0 amide bonds. The van der Waals surface area contributed by atoms with E-state index in [9.17, 15) is 8.42 Å². The van der Waals surface area contributed by atoms with Crippen molar-refractivity contribution in [3.63, 3.8) is 0 Å². The minimum Gasteiger partial charge on any atom is -0.208 e. The van der Waals surface area contributed by atoms with Crippen molar-refractivity contribution in [1.82, 2.24) is 4.72 Å². The van der Waals surface area contributed by atoms with E-state index in [0.717, 1.165) is 25.0 Å². The number of benzene rings is 1. The SMILES string of the molecule is CCSC1CCC(NS(=O)(=O)c2ccc(C#N)c(C)c2)C1. The Morgan fingerprint density at radius 3 is 2.81 bits per heavy atom. The van der Waals surface area contributed by atoms with E-state index in [1.807, 2.05) is 17.8 Å². The van der Waals surface area contributed by atoms with Gasteiger partial charge in [-0.25, -0.2) is 13.1 Å². The van der Waals surface area contributed by atoms with Crippen molar-refractivity contribution in [3.05, 3.63) is 29.3 Å². The second-order valence-corrected chi connectivity index (χ2v) is 8.59. The van der Waals surface area contributed by atoms with Gasteiger partial charge < -0.3 is 0 Å². The molecule has 21 heavy (non-hydrogen) atoms. The van der Waals surface area contributed by atoms with Gasteiger partial charge in [0.15, 0.2) is 0 Å². The molecular formula is C15H20N2O2S2. The molecule has 0 bridgehead atoms. The second kappa shape index (κ2) is 6.82. The maximum atomic E-state index is 12.4. The Labute approximate surface area is 131 Å². The molecule has 0 aliphatic heterocycles. The van der Waals surface area contributed by atoms with Gasteiger partial charge in [-0.1, -0.05) is 6.92 Å². The number of hydrogen-bond acceptors (Lipinski definition) is 4. The largest absolute Gasteiger partial charge is 0.240 e. The summed E-state index contributed by atoms with van der Waals surface area (Å²) in [5.41, 5.74) is 1.19. The molecule has 1 aliphatic rings. The van der Waals surface area contributed by atoms with E-state index < -0.39 is 10.0 Å². The lowest BCUT2D eigenvalue weighted by molar-refractivity contribution is 0.552. The summed E-state index contributed by atoms with van der Waals surface area (Å²) >= 11 is 1.90. The first kappa shape index (κ1) is 16.3. The number of aryl methyl sites for hydroxylation is 1. The monoisotopic (exact) mass is 324 g/mol. The third-order valence-electron chi connectivity index (χ3n) is 3.74. The van der Waals surface area contributed by atoms with Crippen molar-refractivity contribution in [2.24, 2.45) is 0 Å². The van der Waals surface area contributed by atoms with Gasteiger partial charge in [-0.15, -0.1) is 0 Å². The van der Waals surface area contributed by atoms with Crippen LogP contribution in [0.25, 0.3) is 0 Å². The van der Waals surface area contributed by atoms with Gasteiger partial charge in [0, 0.05) is 11.3 Å². The Bertz CT molecular complexity index is 650. The van der Waals surface area contributed by atoms with Crippen LogP contribution in [0.3, 0.4) is 0 Å². The first-order chi connectivity index (χ1) is 9.96. The van der Waals surface area contributed by atoms with Gasteiger partial charge in [0.2, 0.25) is 10.0 Å². The van der Waals surface area contributed by atoms with Crippen molar-refractivity contribution in [2.45, 2.75) is 49.3 Å². The molecule has 1 aliphatic carbocycles. The first-order valence-electron chi connectivity index (χ1n) is 7.11. The Morgan fingerprint density at radius 1 is 1.43 bits per heavy atom. The molecule has 1 fully saturated rings. The smallest absolute Gasteiger partial charge is 0.208 e. The summed E-state index contributed by atoms with van der Waals surface area (Å²) in [5.74, 6) is 1.07. The van der Waals surface area contributed by atoms with E-state index in [2.05, 4.69) is 11.6 Å². The number of hydrogen-bond donors (Lipinski definition) is 1. The standard InChI is InChI=1S/C15H20N2O2S2/c1-3-20-14-6-5-13(9-14)17-21(18,19)15-7-4-12(10-16)11(2)8-15/h4,7-8,13-14,17H,3,5-6,9H2,1-2H3. The highest BCUT2D eigenvalue weighted by Crippen LogP contribution is 2.30. The first-order valence-corrected chi connectivity index (χ1v) is 9.64. The van der Waals surface area contributed by atoms with Crippen molar-refractivity contribution < 1.29 is 8.42 Å². The third-order valence-corrected chi connectivity index (χ3v) is 6.49. The van der Waals surface area contributed by atoms with Gasteiger partial charge >= 0.3 is 0 Å². The summed E-state index contributed by atoms with van der Waals surface area (Å²) in [6.45, 7) is 3.88. The van der Waals surface area contributed by atoms with Crippen LogP contribution >= 0.6 is 11.8 Å². The predicted molar refractivity (Wildman–Crippen MR) is 85.8 cm³/mol. The van der Waals surface area contributed by atoms with Gasteiger partial charge in [-0.3, -0.25) is 0 Å². The van der Waals surface area contributed by atoms with Gasteiger partial charge in [0.25, 0.3) is 0 Å². The molecule has 0 radical (unpaired) electrons. The number of thioether (sulfide) groups is 1. The molecule has 2 rings (SSSR count). The third kappa shape index (κ3) is 4.00. The lowest BCUT2D eigenvalue weighted by Crippen LogP contribution is -2.33. The van der Waals surface area contributed by atoms with E-state index in [1.165, 1.54) is 6.07 Å². The number of sulfonamides is 1. The minimum atomic E-state index is -3.50. The van der Waals surface area contributed by atoms with Crippen LogP contribution in [0.4, 0.5) is 0 Å². The van der Waals surface area contributed by atoms with E-state index in [1.54, 1.807) is 19.1 Å². The number of rotatable bonds is 5. The van der Waals surface area contributed by atoms with Crippen molar-refractivity contribution in [1.29, 1.82) is 5.26 Å². The molecule has 2 atom stereocenters. The minimum absolute atomic E-state index is 0.0231. The van der Waals surface area contributed by atoms with E-state index in [-0.39, 0.29) is 10.9 Å².